The number of esters is 1. The third-order valence-electron chi connectivity index (χ3n) is 7.50. The lowest BCUT2D eigenvalue weighted by molar-refractivity contribution is 0.0594. The van der Waals surface area contributed by atoms with Gasteiger partial charge < -0.3 is 14.7 Å². The predicted molar refractivity (Wildman–Crippen MR) is 128 cm³/mol. The fourth-order valence-electron chi connectivity index (χ4n) is 5.16. The molecular weight excluding hydrogens is 416 g/mol. The number of fused-ring (bicyclic) bond motifs is 1. The van der Waals surface area contributed by atoms with Crippen LogP contribution in [0.15, 0.2) is 36.4 Å². The zero-order valence-corrected chi connectivity index (χ0v) is 19.4. The topological polar surface area (TPSA) is 80.5 Å². The predicted octanol–water partition coefficient (Wildman–Crippen LogP) is 4.32. The van der Waals surface area contributed by atoms with Crippen molar-refractivity contribution in [1.82, 2.24) is 14.8 Å². The van der Waals surface area contributed by atoms with Gasteiger partial charge in [-0.3, -0.25) is 0 Å². The smallest absolute Gasteiger partial charge is 0.356 e. The highest BCUT2D eigenvalue weighted by molar-refractivity contribution is 5.99. The van der Waals surface area contributed by atoms with Crippen LogP contribution in [0, 0.1) is 11.8 Å². The fraction of sp³-hybridized carbons (Fsp3) is 0.500. The number of para-hydroxylation sites is 1. The molecule has 0 radical (unpaired) electrons. The van der Waals surface area contributed by atoms with Gasteiger partial charge in [-0.2, -0.15) is 5.10 Å². The second-order valence-corrected chi connectivity index (χ2v) is 9.46. The van der Waals surface area contributed by atoms with Crippen LogP contribution in [0.4, 0.5) is 5.69 Å². The van der Waals surface area contributed by atoms with Gasteiger partial charge in [-0.25, -0.2) is 14.5 Å². The van der Waals surface area contributed by atoms with Gasteiger partial charge in [0.2, 0.25) is 0 Å². The van der Waals surface area contributed by atoms with Crippen molar-refractivity contribution in [1.29, 1.82) is 0 Å². The summed E-state index contributed by atoms with van der Waals surface area (Å²) in [5.41, 5.74) is 4.07. The molecule has 1 N–H and O–H groups in total. The van der Waals surface area contributed by atoms with Crippen LogP contribution in [0.5, 0.6) is 0 Å². The first-order chi connectivity index (χ1) is 16.1. The number of hydrogen-bond donors (Lipinski definition) is 1. The van der Waals surface area contributed by atoms with Gasteiger partial charge in [-0.05, 0) is 55.7 Å². The Bertz CT molecular complexity index is 1130. The molecule has 2 aliphatic rings. The van der Waals surface area contributed by atoms with Gasteiger partial charge in [0.1, 0.15) is 0 Å². The number of ether oxygens (including phenoxy) is 1. The molecule has 3 heterocycles. The van der Waals surface area contributed by atoms with Crippen molar-refractivity contribution in [2.24, 2.45) is 11.8 Å². The normalized spacial score (nSPS) is 18.3. The van der Waals surface area contributed by atoms with Crippen LogP contribution in [0.2, 0.25) is 0 Å². The summed E-state index contributed by atoms with van der Waals surface area (Å²) in [5.74, 6) is 0.810. The third-order valence-corrected chi connectivity index (χ3v) is 7.50. The average molecular weight is 449 g/mol. The number of rotatable bonds is 6. The van der Waals surface area contributed by atoms with Crippen LogP contribution in [0.3, 0.4) is 0 Å². The average Bonchev–Trinajstić information content (AvgIpc) is 3.21. The van der Waals surface area contributed by atoms with Gasteiger partial charge >= 0.3 is 5.97 Å². The number of anilines is 1. The monoisotopic (exact) mass is 448 g/mol. The fourth-order valence-corrected chi connectivity index (χ4v) is 5.16. The number of methoxy groups -OCH3 is 1. The van der Waals surface area contributed by atoms with Crippen molar-refractivity contribution in [3.05, 3.63) is 47.8 Å². The molecule has 2 aromatic heterocycles. The largest absolute Gasteiger partial charge is 0.464 e. The quantitative estimate of drug-likeness (QED) is 0.566. The van der Waals surface area contributed by atoms with E-state index in [1.54, 1.807) is 0 Å². The number of aromatic nitrogens is 3. The lowest BCUT2D eigenvalue weighted by Gasteiger charge is -2.36. The number of aliphatic hydroxyl groups excluding tert-OH is 1. The molecule has 2 fully saturated rings. The number of pyridine rings is 1. The van der Waals surface area contributed by atoms with Crippen LogP contribution in [0.25, 0.3) is 16.7 Å². The number of aliphatic hydroxyl groups is 1. The van der Waals surface area contributed by atoms with Gasteiger partial charge in [-0.15, -0.1) is 0 Å². The molecule has 0 bridgehead atoms. The molecule has 33 heavy (non-hydrogen) atoms. The van der Waals surface area contributed by atoms with Crippen LogP contribution in [0.1, 0.15) is 61.1 Å². The summed E-state index contributed by atoms with van der Waals surface area (Å²) in [6.45, 7) is 4.12. The van der Waals surface area contributed by atoms with Crippen molar-refractivity contribution >= 4 is 22.7 Å². The zero-order valence-electron chi connectivity index (χ0n) is 19.4. The van der Waals surface area contributed by atoms with E-state index in [0.717, 1.165) is 61.2 Å². The minimum atomic E-state index is -0.437. The summed E-state index contributed by atoms with van der Waals surface area (Å²) in [6, 6.07) is 11.9. The molecule has 5 rings (SSSR count). The SMILES string of the molecule is COC(=O)c1cc(N2CCC(C(C)CO)CC2)c2c(C3CCC3)nn(-c3ccccc3)c2n1. The maximum Gasteiger partial charge on any atom is 0.356 e. The number of carbonyl (C=O) groups excluding carboxylic acids is 1. The first-order valence-corrected chi connectivity index (χ1v) is 12.0. The van der Waals surface area contributed by atoms with Crippen LogP contribution < -0.4 is 4.90 Å². The highest BCUT2D eigenvalue weighted by Gasteiger charge is 2.32. The minimum absolute atomic E-state index is 0.229. The summed E-state index contributed by atoms with van der Waals surface area (Å²) in [7, 11) is 1.39. The first-order valence-electron chi connectivity index (χ1n) is 12.0. The van der Waals surface area contributed by atoms with Gasteiger partial charge in [0.25, 0.3) is 0 Å². The second kappa shape index (κ2) is 9.14. The highest BCUT2D eigenvalue weighted by atomic mass is 16.5. The zero-order chi connectivity index (χ0) is 22.9. The number of nitrogens with zero attached hydrogens (tertiary/aromatic N) is 4. The van der Waals surface area contributed by atoms with Gasteiger partial charge in [0.05, 0.1) is 29.6 Å². The maximum absolute atomic E-state index is 12.6. The molecule has 1 atom stereocenters. The maximum atomic E-state index is 12.6. The standard InChI is InChI=1S/C26H32N4O3/c1-17(16-31)18-11-13-29(14-12-18)22-15-21(26(32)33-2)27-25-23(22)24(19-7-6-8-19)28-30(25)20-9-4-3-5-10-20/h3-5,9-10,15,17-19,31H,6-8,11-14,16H2,1-2H3. The van der Waals surface area contributed by atoms with E-state index in [1.165, 1.54) is 13.5 Å². The summed E-state index contributed by atoms with van der Waals surface area (Å²) >= 11 is 0. The van der Waals surface area contributed by atoms with E-state index in [9.17, 15) is 9.90 Å². The Hall–Kier alpha value is -2.93. The Balaban J connectivity index is 1.66. The minimum Gasteiger partial charge on any atom is -0.464 e. The number of hydrogen-bond acceptors (Lipinski definition) is 6. The van der Waals surface area contributed by atoms with Crippen LogP contribution in [-0.2, 0) is 4.74 Å². The van der Waals surface area contributed by atoms with E-state index in [-0.39, 0.29) is 6.61 Å². The van der Waals surface area contributed by atoms with E-state index in [4.69, 9.17) is 14.8 Å². The van der Waals surface area contributed by atoms with Crippen LogP contribution in [-0.4, -0.2) is 52.6 Å². The van der Waals surface area contributed by atoms with Crippen LogP contribution >= 0.6 is 0 Å². The second-order valence-electron chi connectivity index (χ2n) is 9.46. The first kappa shape index (κ1) is 21.9. The highest BCUT2D eigenvalue weighted by Crippen LogP contribution is 2.43. The van der Waals surface area contributed by atoms with Crippen molar-refractivity contribution in [2.75, 3.05) is 31.7 Å². The lowest BCUT2D eigenvalue weighted by Crippen LogP contribution is -2.36. The van der Waals surface area contributed by atoms with Gasteiger partial charge in [0, 0.05) is 25.6 Å². The van der Waals surface area contributed by atoms with E-state index in [1.807, 2.05) is 41.1 Å². The van der Waals surface area contributed by atoms with Gasteiger partial charge in [0.15, 0.2) is 11.3 Å². The molecule has 1 aliphatic carbocycles. The molecule has 1 saturated heterocycles. The van der Waals surface area contributed by atoms with Gasteiger partial charge in [-0.1, -0.05) is 31.5 Å². The lowest BCUT2D eigenvalue weighted by atomic mass is 9.81. The molecular formula is C26H32N4O3. The molecule has 1 unspecified atom stereocenters. The van der Waals surface area contributed by atoms with E-state index in [0.29, 0.717) is 29.1 Å². The van der Waals surface area contributed by atoms with Crippen molar-refractivity contribution in [3.8, 4) is 5.69 Å². The Morgan fingerprint density at radius 1 is 1.18 bits per heavy atom. The number of benzene rings is 1. The summed E-state index contributed by atoms with van der Waals surface area (Å²) < 4.78 is 6.93. The molecule has 1 aliphatic heterocycles. The molecule has 7 heteroatoms. The Labute approximate surface area is 194 Å². The molecule has 3 aromatic rings. The summed E-state index contributed by atoms with van der Waals surface area (Å²) in [4.78, 5) is 19.7. The molecule has 1 aromatic carbocycles. The molecule has 1 saturated carbocycles. The molecule has 7 nitrogen and oxygen atoms in total. The van der Waals surface area contributed by atoms with Crippen molar-refractivity contribution in [2.45, 2.75) is 44.9 Å². The third kappa shape index (κ3) is 3.99. The van der Waals surface area contributed by atoms with Crippen molar-refractivity contribution in [3.63, 3.8) is 0 Å². The summed E-state index contributed by atoms with van der Waals surface area (Å²) in [5, 5.41) is 15.7. The van der Waals surface area contributed by atoms with E-state index < -0.39 is 5.97 Å². The summed E-state index contributed by atoms with van der Waals surface area (Å²) in [6.07, 6.45) is 5.53. The van der Waals surface area contributed by atoms with E-state index >= 15 is 0 Å². The van der Waals surface area contributed by atoms with E-state index in [2.05, 4.69) is 11.8 Å². The number of carbonyl (C=O) groups is 1. The molecule has 0 spiro atoms. The Morgan fingerprint density at radius 2 is 1.91 bits per heavy atom. The Morgan fingerprint density at radius 3 is 2.52 bits per heavy atom. The Kier molecular flexibility index (Phi) is 6.06. The molecule has 0 amide bonds. The number of piperidine rings is 1. The molecule has 174 valence electrons. The van der Waals surface area contributed by atoms with Crippen molar-refractivity contribution < 1.29 is 14.6 Å².